The average molecular weight is 315 g/mol. The lowest BCUT2D eigenvalue weighted by atomic mass is 10.3. The van der Waals surface area contributed by atoms with Crippen LogP contribution in [0.3, 0.4) is 0 Å². The minimum Gasteiger partial charge on any atom is -0.497 e. The van der Waals surface area contributed by atoms with Gasteiger partial charge in [-0.15, -0.1) is 0 Å². The summed E-state index contributed by atoms with van der Waals surface area (Å²) in [5.41, 5.74) is 1.54. The van der Waals surface area contributed by atoms with Gasteiger partial charge < -0.3 is 14.8 Å². The Morgan fingerprint density at radius 1 is 1.47 bits per heavy atom. The van der Waals surface area contributed by atoms with Gasteiger partial charge in [-0.25, -0.2) is 0 Å². The molecule has 6 heteroatoms. The average Bonchev–Trinajstić information content (AvgIpc) is 2.69. The largest absolute Gasteiger partial charge is 0.497 e. The fourth-order valence-corrected chi connectivity index (χ4v) is 2.34. The third kappa shape index (κ3) is 2.43. The van der Waals surface area contributed by atoms with Crippen molar-refractivity contribution in [2.45, 2.75) is 6.61 Å². The number of nitrogens with one attached hydrogen (secondary N) is 1. The highest BCUT2D eigenvalue weighted by Gasteiger charge is 2.07. The predicted molar refractivity (Wildman–Crippen MR) is 71.1 cm³/mol. The Morgan fingerprint density at radius 3 is 2.88 bits per heavy atom. The van der Waals surface area contributed by atoms with Crippen LogP contribution in [0.5, 0.6) is 5.75 Å². The van der Waals surface area contributed by atoms with Gasteiger partial charge in [0, 0.05) is 16.7 Å². The van der Waals surface area contributed by atoms with Gasteiger partial charge in [0.15, 0.2) is 4.77 Å². The van der Waals surface area contributed by atoms with Crippen LogP contribution in [-0.4, -0.2) is 21.8 Å². The monoisotopic (exact) mass is 314 g/mol. The molecule has 0 fully saturated rings. The van der Waals surface area contributed by atoms with E-state index in [2.05, 4.69) is 20.9 Å². The highest BCUT2D eigenvalue weighted by Crippen LogP contribution is 2.25. The number of aliphatic hydroxyl groups excluding tert-OH is 1. The highest BCUT2D eigenvalue weighted by molar-refractivity contribution is 9.10. The Kier molecular flexibility index (Phi) is 3.66. The molecule has 0 amide bonds. The number of halogens is 1. The van der Waals surface area contributed by atoms with Crippen LogP contribution in [-0.2, 0) is 6.61 Å². The van der Waals surface area contributed by atoms with E-state index in [1.165, 1.54) is 0 Å². The van der Waals surface area contributed by atoms with Gasteiger partial charge in [-0.1, -0.05) is 15.9 Å². The summed E-state index contributed by atoms with van der Waals surface area (Å²) in [6.45, 7) is -0.0814. The number of hydrogen-bond acceptors (Lipinski definition) is 3. The number of ether oxygens (including phenoxy) is 1. The van der Waals surface area contributed by atoms with Gasteiger partial charge in [-0.3, -0.25) is 4.57 Å². The molecule has 2 N–H and O–H groups in total. The van der Waals surface area contributed by atoms with Crippen molar-refractivity contribution < 1.29 is 9.84 Å². The zero-order chi connectivity index (χ0) is 12.4. The van der Waals surface area contributed by atoms with Crippen molar-refractivity contribution in [3.05, 3.63) is 39.3 Å². The van der Waals surface area contributed by atoms with Gasteiger partial charge in [0.1, 0.15) is 5.75 Å². The normalized spacial score (nSPS) is 10.5. The summed E-state index contributed by atoms with van der Waals surface area (Å²) in [4.78, 5) is 2.91. The van der Waals surface area contributed by atoms with Gasteiger partial charge in [0.05, 0.1) is 25.1 Å². The van der Waals surface area contributed by atoms with Gasteiger partial charge in [-0.05, 0) is 24.4 Å². The van der Waals surface area contributed by atoms with Crippen LogP contribution in [0, 0.1) is 4.77 Å². The highest BCUT2D eigenvalue weighted by atomic mass is 79.9. The smallest absolute Gasteiger partial charge is 0.182 e. The second-order valence-electron chi connectivity index (χ2n) is 3.43. The molecule has 0 aliphatic carbocycles. The number of H-pyrrole nitrogens is 1. The van der Waals surface area contributed by atoms with Gasteiger partial charge in [-0.2, -0.15) is 0 Å². The lowest BCUT2D eigenvalue weighted by molar-refractivity contribution is 0.274. The molecule has 0 saturated carbocycles. The minimum absolute atomic E-state index is 0.0814. The first-order valence-electron chi connectivity index (χ1n) is 4.91. The minimum atomic E-state index is -0.0814. The van der Waals surface area contributed by atoms with E-state index in [0.29, 0.717) is 10.5 Å². The van der Waals surface area contributed by atoms with Crippen LogP contribution < -0.4 is 4.74 Å². The van der Waals surface area contributed by atoms with Gasteiger partial charge in [0.25, 0.3) is 0 Å². The van der Waals surface area contributed by atoms with Crippen LogP contribution in [0.2, 0.25) is 0 Å². The number of imidazole rings is 1. The van der Waals surface area contributed by atoms with Crippen molar-refractivity contribution >= 4 is 28.1 Å². The maximum atomic E-state index is 9.26. The molecule has 0 aliphatic heterocycles. The van der Waals surface area contributed by atoms with E-state index in [0.717, 1.165) is 15.9 Å². The van der Waals surface area contributed by atoms with Gasteiger partial charge in [0.2, 0.25) is 0 Å². The second kappa shape index (κ2) is 5.03. The Labute approximate surface area is 112 Å². The molecule has 0 spiro atoms. The molecule has 2 rings (SSSR count). The molecule has 1 heterocycles. The number of hydrogen-bond donors (Lipinski definition) is 2. The summed E-state index contributed by atoms with van der Waals surface area (Å²) >= 11 is 8.59. The van der Waals surface area contributed by atoms with Crippen LogP contribution in [0.15, 0.2) is 28.9 Å². The Balaban J connectivity index is 2.63. The summed E-state index contributed by atoms with van der Waals surface area (Å²) in [6.07, 6.45) is 1.69. The molecule has 2 aromatic rings. The number of aliphatic hydroxyl groups is 1. The molecule has 0 radical (unpaired) electrons. The number of rotatable bonds is 3. The second-order valence-corrected chi connectivity index (χ2v) is 4.73. The number of aromatic nitrogens is 2. The molecule has 0 atom stereocenters. The summed E-state index contributed by atoms with van der Waals surface area (Å²) in [5, 5.41) is 9.26. The molecule has 90 valence electrons. The van der Waals surface area contributed by atoms with Crippen LogP contribution >= 0.6 is 28.1 Å². The van der Waals surface area contributed by atoms with Crippen LogP contribution in [0.25, 0.3) is 5.69 Å². The van der Waals surface area contributed by atoms with E-state index in [1.54, 1.807) is 17.9 Å². The topological polar surface area (TPSA) is 50.2 Å². The molecule has 0 bridgehead atoms. The predicted octanol–water partition coefficient (Wildman–Crippen LogP) is 2.80. The third-order valence-electron chi connectivity index (χ3n) is 2.36. The fourth-order valence-electron chi connectivity index (χ4n) is 1.60. The van der Waals surface area contributed by atoms with E-state index in [9.17, 15) is 5.11 Å². The van der Waals surface area contributed by atoms with E-state index < -0.39 is 0 Å². The standard InChI is InChI=1S/C11H11BrN2O2S/c1-16-10-3-7(12)2-8(4-10)14-9(6-15)5-13-11(14)17/h2-5,15H,6H2,1H3,(H,13,17). The Morgan fingerprint density at radius 2 is 2.24 bits per heavy atom. The first-order valence-corrected chi connectivity index (χ1v) is 6.11. The molecule has 0 saturated heterocycles. The zero-order valence-corrected chi connectivity index (χ0v) is 11.5. The first kappa shape index (κ1) is 12.3. The lowest BCUT2D eigenvalue weighted by Gasteiger charge is -2.09. The maximum absolute atomic E-state index is 9.26. The van der Waals surface area contributed by atoms with E-state index >= 15 is 0 Å². The number of benzene rings is 1. The molecular weight excluding hydrogens is 304 g/mol. The van der Waals surface area contributed by atoms with E-state index in [-0.39, 0.29) is 6.61 Å². The third-order valence-corrected chi connectivity index (χ3v) is 3.12. The maximum Gasteiger partial charge on any atom is 0.182 e. The molecule has 17 heavy (non-hydrogen) atoms. The SMILES string of the molecule is COc1cc(Br)cc(-n2c(CO)c[nH]c2=S)c1. The number of methoxy groups -OCH3 is 1. The Hall–Kier alpha value is -1.11. The van der Waals surface area contributed by atoms with Crippen molar-refractivity contribution in [1.29, 1.82) is 0 Å². The number of aromatic amines is 1. The fraction of sp³-hybridized carbons (Fsp3) is 0.182. The van der Waals surface area contributed by atoms with Crippen LogP contribution in [0.1, 0.15) is 5.69 Å². The molecular formula is C11H11BrN2O2S. The summed E-state index contributed by atoms with van der Waals surface area (Å²) in [7, 11) is 1.61. The van der Waals surface area contributed by atoms with Crippen molar-refractivity contribution in [3.8, 4) is 11.4 Å². The van der Waals surface area contributed by atoms with Gasteiger partial charge >= 0.3 is 0 Å². The quantitative estimate of drug-likeness (QED) is 0.857. The molecule has 0 unspecified atom stereocenters. The van der Waals surface area contributed by atoms with E-state index in [1.807, 2.05) is 18.2 Å². The van der Waals surface area contributed by atoms with Crippen molar-refractivity contribution in [1.82, 2.24) is 9.55 Å². The Bertz CT molecular complexity index is 591. The van der Waals surface area contributed by atoms with Crippen molar-refractivity contribution in [2.75, 3.05) is 7.11 Å². The first-order chi connectivity index (χ1) is 8.15. The summed E-state index contributed by atoms with van der Waals surface area (Å²) in [6, 6.07) is 5.62. The number of nitrogens with zero attached hydrogens (tertiary/aromatic N) is 1. The van der Waals surface area contributed by atoms with E-state index in [4.69, 9.17) is 17.0 Å². The van der Waals surface area contributed by atoms with Crippen LogP contribution in [0.4, 0.5) is 0 Å². The molecule has 1 aromatic heterocycles. The molecule has 1 aromatic carbocycles. The summed E-state index contributed by atoms with van der Waals surface area (Å²) in [5.74, 6) is 0.723. The molecule has 0 aliphatic rings. The zero-order valence-electron chi connectivity index (χ0n) is 9.11. The summed E-state index contributed by atoms with van der Waals surface area (Å²) < 4.78 is 8.39. The molecule has 4 nitrogen and oxygen atoms in total. The lowest BCUT2D eigenvalue weighted by Crippen LogP contribution is -2.00. The van der Waals surface area contributed by atoms with Crippen molar-refractivity contribution in [3.63, 3.8) is 0 Å². The van der Waals surface area contributed by atoms with Crippen molar-refractivity contribution in [2.24, 2.45) is 0 Å².